The third kappa shape index (κ3) is 4.87. The molecule has 0 radical (unpaired) electrons. The number of hydrogen-bond donors (Lipinski definition) is 2. The average molecular weight is 392 g/mol. The molecule has 5 nitrogen and oxygen atoms in total. The van der Waals surface area contributed by atoms with Crippen LogP contribution in [0.2, 0.25) is 0 Å². The van der Waals surface area contributed by atoms with Crippen molar-refractivity contribution in [3.8, 4) is 5.75 Å². The van der Waals surface area contributed by atoms with Crippen LogP contribution in [0, 0.1) is 6.92 Å². The lowest BCUT2D eigenvalue weighted by Crippen LogP contribution is -2.24. The summed E-state index contributed by atoms with van der Waals surface area (Å²) in [6.07, 6.45) is 1.48. The van der Waals surface area contributed by atoms with Crippen LogP contribution in [0.3, 0.4) is 0 Å². The predicted octanol–water partition coefficient (Wildman–Crippen LogP) is 3.14. The van der Waals surface area contributed by atoms with E-state index in [1.165, 1.54) is 6.21 Å². The summed E-state index contributed by atoms with van der Waals surface area (Å²) in [5, 5.41) is 3.94. The van der Waals surface area contributed by atoms with Crippen molar-refractivity contribution < 1.29 is 9.53 Å². The summed E-state index contributed by atoms with van der Waals surface area (Å²) < 4.78 is 6.31. The highest BCUT2D eigenvalue weighted by Crippen LogP contribution is 2.23. The molecule has 23 heavy (non-hydrogen) atoms. The van der Waals surface area contributed by atoms with Crippen LogP contribution in [-0.4, -0.2) is 17.3 Å². The average Bonchev–Trinajstić information content (AvgIpc) is 2.50. The number of ether oxygens (including phenoxy) is 1. The number of benzene rings is 2. The second-order valence-electron chi connectivity index (χ2n) is 4.62. The number of nitrogens with two attached hydrogens (primary N) is 1. The van der Waals surface area contributed by atoms with Crippen molar-refractivity contribution in [1.82, 2.24) is 5.43 Å². The first-order chi connectivity index (χ1) is 11.0. The Morgan fingerprint density at radius 2 is 2.09 bits per heavy atom. The number of halogens is 1. The molecule has 0 aliphatic rings. The minimum atomic E-state index is -0.428. The van der Waals surface area contributed by atoms with Crippen LogP contribution in [0.1, 0.15) is 21.5 Å². The third-order valence-electron chi connectivity index (χ3n) is 2.92. The molecule has 0 aliphatic heterocycles. The summed E-state index contributed by atoms with van der Waals surface area (Å²) in [7, 11) is 0. The Hall–Kier alpha value is -2.25. The zero-order valence-electron chi connectivity index (χ0n) is 12.2. The second-order valence-corrected chi connectivity index (χ2v) is 5.98. The highest BCUT2D eigenvalue weighted by molar-refractivity contribution is 9.10. The molecule has 118 valence electrons. The lowest BCUT2D eigenvalue weighted by atomic mass is 10.1. The highest BCUT2D eigenvalue weighted by atomic mass is 79.9. The summed E-state index contributed by atoms with van der Waals surface area (Å²) in [5.74, 6) is -0.0441. The van der Waals surface area contributed by atoms with Gasteiger partial charge in [-0.1, -0.05) is 34.1 Å². The first kappa shape index (κ1) is 17.1. The Kier molecular flexibility index (Phi) is 5.84. The van der Waals surface area contributed by atoms with Crippen LogP contribution in [0.5, 0.6) is 5.75 Å². The molecule has 0 amide bonds. The van der Waals surface area contributed by atoms with Gasteiger partial charge in [-0.3, -0.25) is 5.43 Å². The number of hydrogen-bond acceptors (Lipinski definition) is 4. The van der Waals surface area contributed by atoms with E-state index in [1.54, 1.807) is 30.3 Å². The fourth-order valence-corrected chi connectivity index (χ4v) is 2.27. The van der Waals surface area contributed by atoms with E-state index < -0.39 is 5.97 Å². The zero-order chi connectivity index (χ0) is 16.8. The smallest absolute Gasteiger partial charge is 0.343 e. The van der Waals surface area contributed by atoms with Gasteiger partial charge < -0.3 is 10.5 Å². The molecule has 0 saturated carbocycles. The number of rotatable bonds is 4. The number of nitrogens with zero attached hydrogens (tertiary/aromatic N) is 1. The quantitative estimate of drug-likeness (QED) is 0.275. The number of aryl methyl sites for hydroxylation is 1. The number of nitrogens with one attached hydrogen (secondary N) is 1. The number of carbonyl (C=O) groups excluding carboxylic acids is 1. The van der Waals surface area contributed by atoms with Gasteiger partial charge in [0.2, 0.25) is 0 Å². The maximum absolute atomic E-state index is 12.3. The van der Waals surface area contributed by atoms with Gasteiger partial charge in [0.25, 0.3) is 0 Å². The molecule has 2 aromatic carbocycles. The van der Waals surface area contributed by atoms with Crippen molar-refractivity contribution in [3.05, 3.63) is 63.6 Å². The lowest BCUT2D eigenvalue weighted by Gasteiger charge is -2.09. The lowest BCUT2D eigenvalue weighted by molar-refractivity contribution is 0.0733. The van der Waals surface area contributed by atoms with Gasteiger partial charge in [-0.25, -0.2) is 4.79 Å². The van der Waals surface area contributed by atoms with Crippen LogP contribution in [0.4, 0.5) is 0 Å². The third-order valence-corrected chi connectivity index (χ3v) is 3.50. The van der Waals surface area contributed by atoms with Crippen molar-refractivity contribution in [3.63, 3.8) is 0 Å². The standard InChI is InChI=1S/C16H14BrN3O2S/c1-10-4-2-3-5-13(10)15(21)22-14-7-6-12(17)8-11(14)9-19-20-16(18)23/h2-9H,1H3,(H3,18,20,23)/b19-9-. The van der Waals surface area contributed by atoms with Crippen molar-refractivity contribution >= 4 is 45.4 Å². The topological polar surface area (TPSA) is 76.7 Å². The SMILES string of the molecule is Cc1ccccc1C(=O)Oc1ccc(Br)cc1/C=N\NC(N)=S. The monoisotopic (exact) mass is 391 g/mol. The molecule has 0 aliphatic carbocycles. The molecule has 0 heterocycles. The molecule has 7 heteroatoms. The molecule has 0 bridgehead atoms. The van der Waals surface area contributed by atoms with Gasteiger partial charge in [-0.15, -0.1) is 0 Å². The Morgan fingerprint density at radius 1 is 1.35 bits per heavy atom. The van der Waals surface area contributed by atoms with Crippen molar-refractivity contribution in [2.75, 3.05) is 0 Å². The van der Waals surface area contributed by atoms with Crippen LogP contribution in [0.15, 0.2) is 52.0 Å². The van der Waals surface area contributed by atoms with Crippen molar-refractivity contribution in [2.24, 2.45) is 10.8 Å². The van der Waals surface area contributed by atoms with Crippen LogP contribution >= 0.6 is 28.1 Å². The first-order valence-electron chi connectivity index (χ1n) is 6.63. The van der Waals surface area contributed by atoms with E-state index in [0.29, 0.717) is 16.9 Å². The molecule has 0 fully saturated rings. The van der Waals surface area contributed by atoms with Crippen LogP contribution in [-0.2, 0) is 0 Å². The van der Waals surface area contributed by atoms with E-state index in [2.05, 4.69) is 38.7 Å². The van der Waals surface area contributed by atoms with Gasteiger partial charge in [0, 0.05) is 10.0 Å². The van der Waals surface area contributed by atoms with Gasteiger partial charge in [0.05, 0.1) is 11.8 Å². The Balaban J connectivity index is 2.25. The van der Waals surface area contributed by atoms with Crippen molar-refractivity contribution in [1.29, 1.82) is 0 Å². The maximum Gasteiger partial charge on any atom is 0.343 e. The maximum atomic E-state index is 12.3. The van der Waals surface area contributed by atoms with E-state index in [1.807, 2.05) is 19.1 Å². The summed E-state index contributed by atoms with van der Waals surface area (Å²) in [6, 6.07) is 12.5. The second kappa shape index (κ2) is 7.85. The Bertz CT molecular complexity index is 778. The van der Waals surface area contributed by atoms with Gasteiger partial charge in [0.15, 0.2) is 5.11 Å². The highest BCUT2D eigenvalue weighted by Gasteiger charge is 2.13. The van der Waals surface area contributed by atoms with E-state index in [-0.39, 0.29) is 5.11 Å². The molecule has 0 atom stereocenters. The van der Waals surface area contributed by atoms with Crippen molar-refractivity contribution in [2.45, 2.75) is 6.92 Å². The molecule has 0 unspecified atom stereocenters. The number of carbonyl (C=O) groups is 1. The molecular formula is C16H14BrN3O2S. The van der Waals surface area contributed by atoms with Crippen LogP contribution in [0.25, 0.3) is 0 Å². The van der Waals surface area contributed by atoms with Gasteiger partial charge in [-0.05, 0) is 49.0 Å². The van der Waals surface area contributed by atoms with E-state index >= 15 is 0 Å². The Labute approximate surface area is 147 Å². The normalized spacial score (nSPS) is 10.5. The number of thiocarbonyl (C=S) groups is 1. The first-order valence-corrected chi connectivity index (χ1v) is 7.83. The largest absolute Gasteiger partial charge is 0.422 e. The zero-order valence-corrected chi connectivity index (χ0v) is 14.6. The fourth-order valence-electron chi connectivity index (χ4n) is 1.84. The fraction of sp³-hybridized carbons (Fsp3) is 0.0625. The summed E-state index contributed by atoms with van der Waals surface area (Å²) in [6.45, 7) is 1.85. The molecule has 0 saturated heterocycles. The molecule has 3 N–H and O–H groups in total. The number of hydrazone groups is 1. The summed E-state index contributed by atoms with van der Waals surface area (Å²) in [4.78, 5) is 12.3. The number of esters is 1. The van der Waals surface area contributed by atoms with Crippen LogP contribution < -0.4 is 15.9 Å². The molecule has 0 aromatic heterocycles. The molecule has 0 spiro atoms. The molecule has 2 aromatic rings. The van der Waals surface area contributed by atoms with E-state index in [9.17, 15) is 4.79 Å². The molecular weight excluding hydrogens is 378 g/mol. The van der Waals surface area contributed by atoms with Gasteiger partial charge in [0.1, 0.15) is 5.75 Å². The summed E-state index contributed by atoms with van der Waals surface area (Å²) >= 11 is 8.04. The Morgan fingerprint density at radius 3 is 2.78 bits per heavy atom. The van der Waals surface area contributed by atoms with Gasteiger partial charge >= 0.3 is 5.97 Å². The summed E-state index contributed by atoms with van der Waals surface area (Å²) in [5.41, 5.74) is 9.73. The molecule has 2 rings (SSSR count). The minimum Gasteiger partial charge on any atom is -0.422 e. The van der Waals surface area contributed by atoms with Gasteiger partial charge in [-0.2, -0.15) is 5.10 Å². The minimum absolute atomic E-state index is 0.0506. The van der Waals surface area contributed by atoms with E-state index in [0.717, 1.165) is 10.0 Å². The predicted molar refractivity (Wildman–Crippen MR) is 97.8 cm³/mol. The van der Waals surface area contributed by atoms with E-state index in [4.69, 9.17) is 10.5 Å².